The Morgan fingerprint density at radius 2 is 2.00 bits per heavy atom. The van der Waals surface area contributed by atoms with Gasteiger partial charge in [-0.2, -0.15) is 14.9 Å². The highest BCUT2D eigenvalue weighted by molar-refractivity contribution is 7.71. The lowest BCUT2D eigenvalue weighted by atomic mass is 10.2. The number of hydrogen-bond donors (Lipinski definition) is 1. The van der Waals surface area contributed by atoms with E-state index in [9.17, 15) is 0 Å². The Kier molecular flexibility index (Phi) is 3.70. The molecule has 6 heteroatoms. The number of aromatic nitrogens is 4. The van der Waals surface area contributed by atoms with Gasteiger partial charge in [0, 0.05) is 17.5 Å². The second-order valence-corrected chi connectivity index (χ2v) is 4.89. The minimum absolute atomic E-state index is 0.442. The summed E-state index contributed by atoms with van der Waals surface area (Å²) in [7, 11) is 0. The third-order valence-electron chi connectivity index (χ3n) is 2.94. The van der Waals surface area contributed by atoms with E-state index in [0.717, 1.165) is 16.8 Å². The molecule has 0 aliphatic heterocycles. The summed E-state index contributed by atoms with van der Waals surface area (Å²) < 4.78 is 2.03. The molecular formula is C15H13N5S. The van der Waals surface area contributed by atoms with Gasteiger partial charge in [0.25, 0.3) is 0 Å². The van der Waals surface area contributed by atoms with Crippen LogP contribution in [0.3, 0.4) is 0 Å². The van der Waals surface area contributed by atoms with Gasteiger partial charge in [0.15, 0.2) is 5.82 Å². The summed E-state index contributed by atoms with van der Waals surface area (Å²) in [5, 5.41) is 11.4. The Bertz CT molecular complexity index is 815. The fourth-order valence-corrected chi connectivity index (χ4v) is 2.03. The summed E-state index contributed by atoms with van der Waals surface area (Å²) in [4.78, 5) is 4.27. The third-order valence-corrected chi connectivity index (χ3v) is 3.21. The van der Waals surface area contributed by atoms with E-state index in [1.54, 1.807) is 17.1 Å². The molecule has 0 atom stereocenters. The molecule has 3 rings (SSSR count). The Labute approximate surface area is 127 Å². The van der Waals surface area contributed by atoms with Crippen molar-refractivity contribution in [3.63, 3.8) is 0 Å². The Hall–Kier alpha value is -2.60. The van der Waals surface area contributed by atoms with Gasteiger partial charge in [-0.05, 0) is 36.8 Å². The molecular weight excluding hydrogens is 282 g/mol. The number of H-pyrrole nitrogens is 1. The first-order chi connectivity index (χ1) is 10.2. The maximum Gasteiger partial charge on any atom is 0.216 e. The van der Waals surface area contributed by atoms with Crippen LogP contribution in [-0.4, -0.2) is 26.1 Å². The number of hydrogen-bond acceptors (Lipinski definition) is 4. The van der Waals surface area contributed by atoms with Crippen LogP contribution in [0.5, 0.6) is 0 Å². The molecule has 3 aromatic rings. The number of pyridine rings is 1. The first kappa shape index (κ1) is 13.4. The van der Waals surface area contributed by atoms with Crippen LogP contribution in [-0.2, 0) is 0 Å². The maximum atomic E-state index is 5.22. The zero-order valence-electron chi connectivity index (χ0n) is 11.4. The van der Waals surface area contributed by atoms with Crippen LogP contribution in [0, 0.1) is 11.7 Å². The van der Waals surface area contributed by atoms with Crippen LogP contribution in [0.2, 0.25) is 0 Å². The van der Waals surface area contributed by atoms with Gasteiger partial charge in [-0.1, -0.05) is 30.3 Å². The average molecular weight is 295 g/mol. The molecule has 0 radical (unpaired) electrons. The smallest absolute Gasteiger partial charge is 0.216 e. The topological polar surface area (TPSA) is 58.9 Å². The van der Waals surface area contributed by atoms with Crippen molar-refractivity contribution in [2.45, 2.75) is 6.92 Å². The van der Waals surface area contributed by atoms with Gasteiger partial charge in [0.2, 0.25) is 4.77 Å². The summed E-state index contributed by atoms with van der Waals surface area (Å²) in [6.07, 6.45) is 3.51. The number of rotatable bonds is 3. The summed E-state index contributed by atoms with van der Waals surface area (Å²) >= 11 is 5.22. The highest BCUT2D eigenvalue weighted by atomic mass is 32.1. The van der Waals surface area contributed by atoms with Crippen LogP contribution in [0.1, 0.15) is 11.3 Å². The van der Waals surface area contributed by atoms with Crippen LogP contribution in [0.4, 0.5) is 0 Å². The van der Waals surface area contributed by atoms with E-state index >= 15 is 0 Å². The zero-order valence-corrected chi connectivity index (χ0v) is 12.2. The quantitative estimate of drug-likeness (QED) is 0.596. The molecule has 104 valence electrons. The fourth-order valence-electron chi connectivity index (χ4n) is 1.85. The maximum absolute atomic E-state index is 5.22. The predicted molar refractivity (Wildman–Crippen MR) is 84.8 cm³/mol. The second-order valence-electron chi connectivity index (χ2n) is 4.51. The molecule has 2 aromatic heterocycles. The van der Waals surface area contributed by atoms with E-state index in [1.165, 1.54) is 0 Å². The second kappa shape index (κ2) is 5.80. The molecule has 1 aromatic carbocycles. The first-order valence-electron chi connectivity index (χ1n) is 6.44. The fraction of sp³-hybridized carbons (Fsp3) is 0.0667. The molecule has 0 spiro atoms. The monoisotopic (exact) mass is 295 g/mol. The van der Waals surface area contributed by atoms with Gasteiger partial charge in [-0.25, -0.2) is 5.10 Å². The molecule has 0 bridgehead atoms. The van der Waals surface area contributed by atoms with Crippen molar-refractivity contribution >= 4 is 18.4 Å². The lowest BCUT2D eigenvalue weighted by Crippen LogP contribution is -1.95. The summed E-state index contributed by atoms with van der Waals surface area (Å²) in [5.74, 6) is 0.639. The van der Waals surface area contributed by atoms with Crippen molar-refractivity contribution in [1.82, 2.24) is 19.9 Å². The van der Waals surface area contributed by atoms with Gasteiger partial charge in [0.1, 0.15) is 0 Å². The first-order valence-corrected chi connectivity index (χ1v) is 6.85. The summed E-state index contributed by atoms with van der Waals surface area (Å²) in [6.45, 7) is 1.94. The van der Waals surface area contributed by atoms with Gasteiger partial charge in [-0.15, -0.1) is 0 Å². The number of aryl methyl sites for hydroxylation is 1. The molecule has 5 nitrogen and oxygen atoms in total. The number of nitrogens with one attached hydrogen (secondary N) is 1. The minimum Gasteiger partial charge on any atom is -0.261 e. The summed E-state index contributed by atoms with van der Waals surface area (Å²) in [6, 6.07) is 13.7. The molecule has 2 heterocycles. The Morgan fingerprint density at radius 1 is 1.19 bits per heavy atom. The third kappa shape index (κ3) is 2.95. The lowest BCUT2D eigenvalue weighted by molar-refractivity contribution is 0.870. The molecule has 1 N–H and O–H groups in total. The molecule has 0 fully saturated rings. The Balaban J connectivity index is 2.00. The van der Waals surface area contributed by atoms with Crippen molar-refractivity contribution in [3.05, 3.63) is 64.7 Å². The molecule has 21 heavy (non-hydrogen) atoms. The van der Waals surface area contributed by atoms with Crippen molar-refractivity contribution < 1.29 is 0 Å². The highest BCUT2D eigenvalue weighted by Crippen LogP contribution is 2.16. The van der Waals surface area contributed by atoms with Crippen molar-refractivity contribution in [2.75, 3.05) is 0 Å². The van der Waals surface area contributed by atoms with Crippen molar-refractivity contribution in [2.24, 2.45) is 5.10 Å². The number of aromatic amines is 1. The highest BCUT2D eigenvalue weighted by Gasteiger charge is 2.08. The van der Waals surface area contributed by atoms with E-state index in [4.69, 9.17) is 12.2 Å². The number of benzene rings is 1. The van der Waals surface area contributed by atoms with Crippen LogP contribution >= 0.6 is 12.2 Å². The molecule has 0 aliphatic carbocycles. The van der Waals surface area contributed by atoms with Crippen LogP contribution < -0.4 is 0 Å². The van der Waals surface area contributed by atoms with Gasteiger partial charge >= 0.3 is 0 Å². The predicted octanol–water partition coefficient (Wildman–Crippen LogP) is 3.19. The van der Waals surface area contributed by atoms with Gasteiger partial charge < -0.3 is 0 Å². The van der Waals surface area contributed by atoms with Crippen LogP contribution in [0.15, 0.2) is 53.8 Å². The molecule has 0 saturated heterocycles. The molecule has 0 amide bonds. The SMILES string of the molecule is Cc1ccc(-c2n[nH]c(=S)n2N=Cc2ccccc2)cn1. The molecule has 0 aliphatic rings. The summed E-state index contributed by atoms with van der Waals surface area (Å²) in [5.41, 5.74) is 2.80. The molecule has 0 unspecified atom stereocenters. The van der Waals surface area contributed by atoms with Gasteiger partial charge in [0.05, 0.1) is 6.21 Å². The number of nitrogens with zero attached hydrogens (tertiary/aromatic N) is 4. The van der Waals surface area contributed by atoms with Crippen LogP contribution in [0.25, 0.3) is 11.4 Å². The minimum atomic E-state index is 0.442. The van der Waals surface area contributed by atoms with Crippen molar-refractivity contribution in [3.8, 4) is 11.4 Å². The normalized spacial score (nSPS) is 11.1. The van der Waals surface area contributed by atoms with E-state index < -0.39 is 0 Å². The van der Waals surface area contributed by atoms with E-state index in [0.29, 0.717) is 10.6 Å². The molecule has 0 saturated carbocycles. The van der Waals surface area contributed by atoms with Crippen molar-refractivity contribution in [1.29, 1.82) is 0 Å². The zero-order chi connectivity index (χ0) is 14.7. The lowest BCUT2D eigenvalue weighted by Gasteiger charge is -2.01. The standard InChI is InChI=1S/C15H13N5S/c1-11-7-8-13(10-16-11)14-18-19-15(21)20(14)17-9-12-5-3-2-4-6-12/h2-10H,1H3,(H,19,21). The van der Waals surface area contributed by atoms with E-state index in [2.05, 4.69) is 20.3 Å². The largest absolute Gasteiger partial charge is 0.261 e. The Morgan fingerprint density at radius 3 is 2.71 bits per heavy atom. The average Bonchev–Trinajstić information content (AvgIpc) is 2.88. The van der Waals surface area contributed by atoms with E-state index in [-0.39, 0.29) is 0 Å². The van der Waals surface area contributed by atoms with E-state index in [1.807, 2.05) is 49.4 Å². The van der Waals surface area contributed by atoms with Gasteiger partial charge in [-0.3, -0.25) is 4.98 Å².